The highest BCUT2D eigenvalue weighted by atomic mass is 16.5. The van der Waals surface area contributed by atoms with E-state index in [1.54, 1.807) is 13.2 Å². The number of esters is 1. The molecule has 0 radical (unpaired) electrons. The van der Waals surface area contributed by atoms with Gasteiger partial charge in [0.2, 0.25) is 0 Å². The molecule has 0 unspecified atom stereocenters. The maximum Gasteiger partial charge on any atom is 0.330 e. The lowest BCUT2D eigenvalue weighted by Gasteiger charge is -2.09. The van der Waals surface area contributed by atoms with Gasteiger partial charge in [0.1, 0.15) is 5.75 Å². The average Bonchev–Trinajstić information content (AvgIpc) is 2.30. The molecule has 0 atom stereocenters. The van der Waals surface area contributed by atoms with Crippen LogP contribution in [0.1, 0.15) is 16.7 Å². The van der Waals surface area contributed by atoms with Gasteiger partial charge in [-0.05, 0) is 42.7 Å². The van der Waals surface area contributed by atoms with Gasteiger partial charge in [-0.1, -0.05) is 6.07 Å². The van der Waals surface area contributed by atoms with E-state index in [0.717, 1.165) is 22.4 Å². The van der Waals surface area contributed by atoms with Crippen LogP contribution in [0, 0.1) is 13.8 Å². The summed E-state index contributed by atoms with van der Waals surface area (Å²) in [5, 5.41) is 0. The van der Waals surface area contributed by atoms with Crippen LogP contribution < -0.4 is 4.74 Å². The summed E-state index contributed by atoms with van der Waals surface area (Å²) in [6, 6.07) is 3.81. The molecule has 0 heterocycles. The van der Waals surface area contributed by atoms with Crippen LogP contribution in [0.15, 0.2) is 18.2 Å². The highest BCUT2D eigenvalue weighted by molar-refractivity contribution is 5.87. The van der Waals surface area contributed by atoms with E-state index in [4.69, 9.17) is 4.74 Å². The Bertz CT molecular complexity index is 419. The van der Waals surface area contributed by atoms with Crippen molar-refractivity contribution >= 4 is 12.0 Å². The molecule has 1 aromatic carbocycles. The van der Waals surface area contributed by atoms with Gasteiger partial charge in [0.05, 0.1) is 14.2 Å². The van der Waals surface area contributed by atoms with Gasteiger partial charge in [-0.3, -0.25) is 0 Å². The van der Waals surface area contributed by atoms with E-state index < -0.39 is 0 Å². The molecule has 0 amide bonds. The number of carbonyl (C=O) groups excluding carboxylic acids is 1. The van der Waals surface area contributed by atoms with Gasteiger partial charge in [-0.25, -0.2) is 4.79 Å². The Balaban J connectivity index is 3.03. The lowest BCUT2D eigenvalue weighted by molar-refractivity contribution is -0.134. The normalized spacial score (nSPS) is 10.5. The number of benzene rings is 1. The molecule has 1 aromatic rings. The van der Waals surface area contributed by atoms with E-state index >= 15 is 0 Å². The van der Waals surface area contributed by atoms with Crippen molar-refractivity contribution in [3.8, 4) is 5.75 Å². The molecule has 0 bridgehead atoms. The van der Waals surface area contributed by atoms with Gasteiger partial charge >= 0.3 is 5.97 Å². The zero-order valence-electron chi connectivity index (χ0n) is 10.0. The number of carbonyl (C=O) groups is 1. The summed E-state index contributed by atoms with van der Waals surface area (Å²) in [4.78, 5) is 11.0. The van der Waals surface area contributed by atoms with Crippen LogP contribution in [0.25, 0.3) is 6.08 Å². The first kappa shape index (κ1) is 12.3. The van der Waals surface area contributed by atoms with Crippen molar-refractivity contribution in [1.29, 1.82) is 0 Å². The predicted molar refractivity (Wildman–Crippen MR) is 63.5 cm³/mol. The number of hydrogen-bond acceptors (Lipinski definition) is 3. The zero-order chi connectivity index (χ0) is 12.1. The van der Waals surface area contributed by atoms with E-state index in [-0.39, 0.29) is 5.97 Å². The molecule has 0 aliphatic heterocycles. The molecule has 0 fully saturated rings. The maximum atomic E-state index is 11.0. The summed E-state index contributed by atoms with van der Waals surface area (Å²) >= 11 is 0. The van der Waals surface area contributed by atoms with Gasteiger partial charge in [0.25, 0.3) is 0 Å². The van der Waals surface area contributed by atoms with Crippen molar-refractivity contribution in [1.82, 2.24) is 0 Å². The first-order valence-corrected chi connectivity index (χ1v) is 5.00. The van der Waals surface area contributed by atoms with E-state index in [2.05, 4.69) is 4.74 Å². The van der Waals surface area contributed by atoms with Crippen LogP contribution in [-0.2, 0) is 9.53 Å². The van der Waals surface area contributed by atoms with Crippen molar-refractivity contribution in [3.63, 3.8) is 0 Å². The molecule has 0 aromatic heterocycles. The molecule has 0 N–H and O–H groups in total. The van der Waals surface area contributed by atoms with Crippen LogP contribution in [0.4, 0.5) is 0 Å². The maximum absolute atomic E-state index is 11.0. The third kappa shape index (κ3) is 2.63. The Hall–Kier alpha value is -1.77. The third-order valence-corrected chi connectivity index (χ3v) is 2.60. The highest BCUT2D eigenvalue weighted by Gasteiger charge is 2.04. The zero-order valence-corrected chi connectivity index (χ0v) is 10.0. The van der Waals surface area contributed by atoms with E-state index in [9.17, 15) is 4.79 Å². The Morgan fingerprint density at radius 3 is 2.44 bits per heavy atom. The van der Waals surface area contributed by atoms with Crippen LogP contribution >= 0.6 is 0 Å². The fourth-order valence-corrected chi connectivity index (χ4v) is 1.44. The summed E-state index contributed by atoms with van der Waals surface area (Å²) in [5.74, 6) is 0.501. The quantitative estimate of drug-likeness (QED) is 0.580. The SMILES string of the molecule is COC(=O)/C=C/c1ccc(OC)c(C)c1C. The molecule has 0 aliphatic rings. The van der Waals surface area contributed by atoms with Crippen molar-refractivity contribution in [2.45, 2.75) is 13.8 Å². The average molecular weight is 220 g/mol. The lowest BCUT2D eigenvalue weighted by Crippen LogP contribution is -1.95. The number of rotatable bonds is 3. The smallest absolute Gasteiger partial charge is 0.330 e. The second-order valence-corrected chi connectivity index (χ2v) is 3.46. The molecule has 1 rings (SSSR count). The minimum Gasteiger partial charge on any atom is -0.496 e. The molecule has 86 valence electrons. The van der Waals surface area contributed by atoms with Crippen molar-refractivity contribution in [2.24, 2.45) is 0 Å². The Labute approximate surface area is 95.7 Å². The lowest BCUT2D eigenvalue weighted by atomic mass is 10.0. The van der Waals surface area contributed by atoms with Crippen LogP contribution in [0.3, 0.4) is 0 Å². The van der Waals surface area contributed by atoms with E-state index in [0.29, 0.717) is 0 Å². The molecule has 0 saturated carbocycles. The van der Waals surface area contributed by atoms with Crippen molar-refractivity contribution in [3.05, 3.63) is 34.9 Å². The molecular formula is C13H16O3. The van der Waals surface area contributed by atoms with E-state index in [1.807, 2.05) is 26.0 Å². The summed E-state index contributed by atoms with van der Waals surface area (Å²) in [6.07, 6.45) is 3.15. The van der Waals surface area contributed by atoms with Gasteiger partial charge in [-0.15, -0.1) is 0 Å². The second-order valence-electron chi connectivity index (χ2n) is 3.46. The first-order chi connectivity index (χ1) is 7.60. The fourth-order valence-electron chi connectivity index (χ4n) is 1.44. The van der Waals surface area contributed by atoms with Gasteiger partial charge < -0.3 is 9.47 Å². The number of hydrogen-bond donors (Lipinski definition) is 0. The Morgan fingerprint density at radius 2 is 1.88 bits per heavy atom. The van der Waals surface area contributed by atoms with Crippen molar-refractivity contribution < 1.29 is 14.3 Å². The van der Waals surface area contributed by atoms with Crippen LogP contribution in [0.5, 0.6) is 5.75 Å². The van der Waals surface area contributed by atoms with Gasteiger partial charge in [0.15, 0.2) is 0 Å². The van der Waals surface area contributed by atoms with Gasteiger partial charge in [0, 0.05) is 6.08 Å². The van der Waals surface area contributed by atoms with Gasteiger partial charge in [-0.2, -0.15) is 0 Å². The number of ether oxygens (including phenoxy) is 2. The summed E-state index contributed by atoms with van der Waals surface area (Å²) in [7, 11) is 3.00. The summed E-state index contributed by atoms with van der Waals surface area (Å²) < 4.78 is 9.75. The third-order valence-electron chi connectivity index (χ3n) is 2.60. The highest BCUT2D eigenvalue weighted by Crippen LogP contribution is 2.24. The minimum absolute atomic E-state index is 0.354. The molecule has 3 nitrogen and oxygen atoms in total. The summed E-state index contributed by atoms with van der Waals surface area (Å²) in [6.45, 7) is 3.98. The van der Waals surface area contributed by atoms with Crippen molar-refractivity contribution in [2.75, 3.05) is 14.2 Å². The standard InChI is InChI=1S/C13H16O3/c1-9-10(2)12(15-3)7-5-11(9)6-8-13(14)16-4/h5-8H,1-4H3/b8-6+. The van der Waals surface area contributed by atoms with E-state index in [1.165, 1.54) is 13.2 Å². The molecule has 16 heavy (non-hydrogen) atoms. The van der Waals surface area contributed by atoms with Crippen LogP contribution in [-0.4, -0.2) is 20.2 Å². The van der Waals surface area contributed by atoms with Crippen LogP contribution in [0.2, 0.25) is 0 Å². The molecule has 0 saturated heterocycles. The molecule has 0 aliphatic carbocycles. The second kappa shape index (κ2) is 5.35. The fraction of sp³-hybridized carbons (Fsp3) is 0.308. The predicted octanol–water partition coefficient (Wildman–Crippen LogP) is 2.50. The monoisotopic (exact) mass is 220 g/mol. The Morgan fingerprint density at radius 1 is 1.19 bits per heavy atom. The minimum atomic E-state index is -0.354. The molecule has 3 heteroatoms. The molecule has 0 spiro atoms. The number of methoxy groups -OCH3 is 2. The Kier molecular flexibility index (Phi) is 4.11. The topological polar surface area (TPSA) is 35.5 Å². The largest absolute Gasteiger partial charge is 0.496 e. The molecular weight excluding hydrogens is 204 g/mol. The summed E-state index contributed by atoms with van der Waals surface area (Å²) in [5.41, 5.74) is 3.16. The first-order valence-electron chi connectivity index (χ1n) is 5.00.